The van der Waals surface area contributed by atoms with E-state index in [0.717, 1.165) is 29.8 Å². The van der Waals surface area contributed by atoms with Crippen molar-refractivity contribution in [1.82, 2.24) is 10.6 Å². The monoisotopic (exact) mass is 434 g/mol. The molecule has 0 heterocycles. The van der Waals surface area contributed by atoms with E-state index >= 15 is 0 Å². The van der Waals surface area contributed by atoms with Gasteiger partial charge in [0.15, 0.2) is 0 Å². The van der Waals surface area contributed by atoms with E-state index in [1.165, 1.54) is 0 Å². The molecule has 0 spiro atoms. The van der Waals surface area contributed by atoms with E-state index in [9.17, 15) is 15.0 Å². The highest BCUT2D eigenvalue weighted by Crippen LogP contribution is 2.37. The van der Waals surface area contributed by atoms with E-state index in [-0.39, 0.29) is 13.0 Å². The number of benzene rings is 3. The van der Waals surface area contributed by atoms with Gasteiger partial charge in [-0.25, -0.2) is 0 Å². The van der Waals surface area contributed by atoms with E-state index in [1.54, 1.807) is 0 Å². The summed E-state index contributed by atoms with van der Waals surface area (Å²) in [6.07, 6.45) is 0.115. The first-order valence-electron chi connectivity index (χ1n) is 11.1. The predicted octanol–water partition coefficient (Wildman–Crippen LogP) is 4.02. The highest BCUT2D eigenvalue weighted by molar-refractivity contribution is 5.74. The van der Waals surface area contributed by atoms with Crippen LogP contribution in [0.25, 0.3) is 0 Å². The highest BCUT2D eigenvalue weighted by Gasteiger charge is 2.39. The molecule has 5 nitrogen and oxygen atoms in total. The number of nitrogens with one attached hydrogen (secondary N) is 2. The Kier molecular flexibility index (Phi) is 10.6. The largest absolute Gasteiger partial charge is 0.480 e. The Labute approximate surface area is 191 Å². The van der Waals surface area contributed by atoms with Crippen molar-refractivity contribution >= 4 is 5.97 Å². The molecule has 3 aromatic carbocycles. The molecule has 0 aliphatic rings. The summed E-state index contributed by atoms with van der Waals surface area (Å²) in [5.41, 5.74) is 1.95. The maximum atomic E-state index is 11.9. The minimum atomic E-state index is -0.990. The van der Waals surface area contributed by atoms with Crippen LogP contribution in [0.3, 0.4) is 0 Å². The van der Waals surface area contributed by atoms with Gasteiger partial charge >= 0.3 is 5.97 Å². The van der Waals surface area contributed by atoms with Gasteiger partial charge in [-0.3, -0.25) is 10.1 Å². The molecule has 0 amide bonds. The minimum Gasteiger partial charge on any atom is -0.480 e. The SMILES string of the molecule is CCNCC.O=C(O)C(CCO)NC(c1ccccc1)(c1ccccc1)c1ccccc1. The highest BCUT2D eigenvalue weighted by atomic mass is 16.4. The summed E-state index contributed by atoms with van der Waals surface area (Å²) in [6, 6.07) is 28.5. The van der Waals surface area contributed by atoms with Gasteiger partial charge < -0.3 is 15.5 Å². The molecule has 0 bridgehead atoms. The first-order valence-corrected chi connectivity index (χ1v) is 11.1. The lowest BCUT2D eigenvalue weighted by molar-refractivity contribution is -0.140. The lowest BCUT2D eigenvalue weighted by Crippen LogP contribution is -2.52. The molecule has 3 rings (SSSR count). The van der Waals surface area contributed by atoms with Crippen LogP contribution in [0.15, 0.2) is 91.0 Å². The number of aliphatic hydroxyl groups excluding tert-OH is 1. The van der Waals surface area contributed by atoms with Crippen molar-refractivity contribution in [3.05, 3.63) is 108 Å². The Morgan fingerprint density at radius 1 is 0.781 bits per heavy atom. The number of hydrogen-bond acceptors (Lipinski definition) is 4. The standard InChI is InChI=1S/C23H23NO3.C4H11N/c25-17-16-21(22(26)27)24-23(18-10-4-1-5-11-18,19-12-6-2-7-13-19)20-14-8-3-9-15-20;1-3-5-4-2/h1-15,21,24-25H,16-17H2,(H,26,27);5H,3-4H2,1-2H3. The Morgan fingerprint density at radius 3 is 1.41 bits per heavy atom. The molecule has 170 valence electrons. The zero-order valence-corrected chi connectivity index (χ0v) is 18.9. The summed E-state index contributed by atoms with van der Waals surface area (Å²) >= 11 is 0. The van der Waals surface area contributed by atoms with Crippen LogP contribution in [0, 0.1) is 0 Å². The second kappa shape index (κ2) is 13.4. The van der Waals surface area contributed by atoms with Crippen molar-refractivity contribution in [3.8, 4) is 0 Å². The van der Waals surface area contributed by atoms with E-state index in [1.807, 2.05) is 91.0 Å². The van der Waals surface area contributed by atoms with Gasteiger partial charge in [0.25, 0.3) is 0 Å². The lowest BCUT2D eigenvalue weighted by Gasteiger charge is -2.39. The third-order valence-electron chi connectivity index (χ3n) is 5.23. The smallest absolute Gasteiger partial charge is 0.320 e. The first-order chi connectivity index (χ1) is 15.6. The van der Waals surface area contributed by atoms with Crippen molar-refractivity contribution in [2.24, 2.45) is 0 Å². The summed E-state index contributed by atoms with van der Waals surface area (Å²) in [7, 11) is 0. The molecule has 0 fully saturated rings. The minimum absolute atomic E-state index is 0.115. The number of hydrogen-bond donors (Lipinski definition) is 4. The molecule has 0 radical (unpaired) electrons. The van der Waals surface area contributed by atoms with E-state index < -0.39 is 17.6 Å². The molecule has 32 heavy (non-hydrogen) atoms. The molecule has 0 aromatic heterocycles. The molecular weight excluding hydrogens is 400 g/mol. The van der Waals surface area contributed by atoms with E-state index in [2.05, 4.69) is 24.5 Å². The van der Waals surface area contributed by atoms with Crippen LogP contribution in [0.2, 0.25) is 0 Å². The van der Waals surface area contributed by atoms with Crippen LogP contribution in [0.5, 0.6) is 0 Å². The molecule has 4 N–H and O–H groups in total. The molecule has 5 heteroatoms. The van der Waals surface area contributed by atoms with Crippen molar-refractivity contribution in [1.29, 1.82) is 0 Å². The summed E-state index contributed by atoms with van der Waals surface area (Å²) in [5, 5.41) is 25.6. The topological polar surface area (TPSA) is 81.6 Å². The average molecular weight is 435 g/mol. The number of carbonyl (C=O) groups is 1. The third-order valence-corrected chi connectivity index (χ3v) is 5.23. The molecule has 0 aliphatic heterocycles. The number of carboxylic acid groups (broad SMARTS) is 1. The van der Waals surface area contributed by atoms with Crippen LogP contribution >= 0.6 is 0 Å². The van der Waals surface area contributed by atoms with Gasteiger partial charge in [-0.05, 0) is 36.2 Å². The summed E-state index contributed by atoms with van der Waals surface area (Å²) in [6.45, 7) is 6.18. The normalized spacial score (nSPS) is 11.8. The third kappa shape index (κ3) is 6.50. The van der Waals surface area contributed by atoms with Crippen molar-refractivity contribution in [2.45, 2.75) is 31.8 Å². The molecule has 0 saturated carbocycles. The van der Waals surface area contributed by atoms with Gasteiger partial charge in [-0.15, -0.1) is 0 Å². The lowest BCUT2D eigenvalue weighted by atomic mass is 9.76. The first kappa shape index (κ1) is 25.3. The molecule has 3 aromatic rings. The zero-order chi connectivity index (χ0) is 23.2. The van der Waals surface area contributed by atoms with E-state index in [4.69, 9.17) is 0 Å². The van der Waals surface area contributed by atoms with Crippen molar-refractivity contribution in [2.75, 3.05) is 19.7 Å². The summed E-state index contributed by atoms with van der Waals surface area (Å²) < 4.78 is 0. The summed E-state index contributed by atoms with van der Waals surface area (Å²) in [4.78, 5) is 11.9. The van der Waals surface area contributed by atoms with Gasteiger partial charge in [-0.1, -0.05) is 105 Å². The van der Waals surface area contributed by atoms with Crippen LogP contribution in [-0.4, -0.2) is 41.9 Å². The maximum absolute atomic E-state index is 11.9. The second-order valence-corrected chi connectivity index (χ2v) is 7.35. The molecule has 0 aliphatic carbocycles. The summed E-state index contributed by atoms with van der Waals surface area (Å²) in [5.74, 6) is -0.990. The Balaban J connectivity index is 0.000000654. The van der Waals surface area contributed by atoms with Gasteiger partial charge in [-0.2, -0.15) is 0 Å². The fraction of sp³-hybridized carbons (Fsp3) is 0.296. The van der Waals surface area contributed by atoms with Crippen molar-refractivity contribution in [3.63, 3.8) is 0 Å². The zero-order valence-electron chi connectivity index (χ0n) is 18.9. The van der Waals surface area contributed by atoms with Crippen LogP contribution < -0.4 is 10.6 Å². The fourth-order valence-corrected chi connectivity index (χ4v) is 3.71. The number of rotatable bonds is 10. The molecule has 0 saturated heterocycles. The van der Waals surface area contributed by atoms with Crippen LogP contribution in [0.1, 0.15) is 37.0 Å². The molecular formula is C27H34N2O3. The van der Waals surface area contributed by atoms with Crippen LogP contribution in [-0.2, 0) is 10.3 Å². The molecule has 1 unspecified atom stereocenters. The van der Waals surface area contributed by atoms with Gasteiger partial charge in [0, 0.05) is 6.61 Å². The average Bonchev–Trinajstić information content (AvgIpc) is 2.84. The molecule has 1 atom stereocenters. The second-order valence-electron chi connectivity index (χ2n) is 7.35. The fourth-order valence-electron chi connectivity index (χ4n) is 3.71. The van der Waals surface area contributed by atoms with Crippen molar-refractivity contribution < 1.29 is 15.0 Å². The van der Waals surface area contributed by atoms with E-state index in [0.29, 0.717) is 0 Å². The number of aliphatic carboxylic acids is 1. The Bertz CT molecular complexity index is 803. The quantitative estimate of drug-likeness (QED) is 0.363. The Hall–Kier alpha value is -2.99. The number of carboxylic acids is 1. The number of aliphatic hydroxyl groups is 1. The maximum Gasteiger partial charge on any atom is 0.320 e. The van der Waals surface area contributed by atoms with Gasteiger partial charge in [0.2, 0.25) is 0 Å². The van der Waals surface area contributed by atoms with Crippen LogP contribution in [0.4, 0.5) is 0 Å². The van der Waals surface area contributed by atoms with Gasteiger partial charge in [0.1, 0.15) is 6.04 Å². The van der Waals surface area contributed by atoms with Gasteiger partial charge in [0.05, 0.1) is 5.54 Å². The predicted molar refractivity (Wildman–Crippen MR) is 130 cm³/mol. The Morgan fingerprint density at radius 2 is 1.16 bits per heavy atom.